The van der Waals surface area contributed by atoms with Gasteiger partial charge in [-0.25, -0.2) is 0 Å². The Kier molecular flexibility index (Phi) is 9.61. The van der Waals surface area contributed by atoms with Crippen molar-refractivity contribution >= 4 is 63.5 Å². The molecule has 2 aliphatic heterocycles. The topological polar surface area (TPSA) is 62.3 Å². The van der Waals surface area contributed by atoms with Crippen LogP contribution in [-0.4, -0.2) is 65.3 Å². The highest BCUT2D eigenvalue weighted by molar-refractivity contribution is 8.27. The van der Waals surface area contributed by atoms with Crippen LogP contribution in [0.3, 0.4) is 0 Å². The van der Waals surface area contributed by atoms with Crippen molar-refractivity contribution in [3.05, 3.63) is 88.3 Å². The molecule has 0 atom stereocenters. The Bertz CT molecular complexity index is 1420. The number of anilines is 1. The maximum atomic E-state index is 13.2. The Morgan fingerprint density at radius 1 is 0.927 bits per heavy atom. The highest BCUT2D eigenvalue weighted by atomic mass is 35.5. The van der Waals surface area contributed by atoms with Gasteiger partial charge in [0.25, 0.3) is 5.91 Å². The Labute approximate surface area is 254 Å². The molecular formula is C31H30ClN3O4S2. The van der Waals surface area contributed by atoms with E-state index in [2.05, 4.69) is 4.90 Å². The molecule has 212 valence electrons. The minimum atomic E-state index is -0.153. The van der Waals surface area contributed by atoms with Crippen LogP contribution in [0.1, 0.15) is 18.9 Å². The van der Waals surface area contributed by atoms with Crippen LogP contribution in [-0.2, 0) is 9.59 Å². The summed E-state index contributed by atoms with van der Waals surface area (Å²) in [7, 11) is 0. The van der Waals surface area contributed by atoms with Crippen molar-refractivity contribution in [2.45, 2.75) is 13.3 Å². The van der Waals surface area contributed by atoms with Crippen molar-refractivity contribution in [3.8, 4) is 17.2 Å². The van der Waals surface area contributed by atoms with E-state index in [0.717, 1.165) is 50.5 Å². The number of carbonyl (C=O) groups excluding carboxylic acids is 2. The molecule has 3 aromatic rings. The predicted molar refractivity (Wildman–Crippen MR) is 169 cm³/mol. The second-order valence-electron chi connectivity index (χ2n) is 9.69. The van der Waals surface area contributed by atoms with Crippen LogP contribution in [0.15, 0.2) is 77.7 Å². The maximum Gasteiger partial charge on any atom is 0.270 e. The van der Waals surface area contributed by atoms with Gasteiger partial charge in [0.1, 0.15) is 17.2 Å². The van der Waals surface area contributed by atoms with Crippen LogP contribution in [0.5, 0.6) is 17.2 Å². The van der Waals surface area contributed by atoms with Crippen molar-refractivity contribution in [1.82, 2.24) is 9.80 Å². The smallest absolute Gasteiger partial charge is 0.270 e. The van der Waals surface area contributed by atoms with Gasteiger partial charge in [0, 0.05) is 44.7 Å². The normalized spacial score (nSPS) is 16.9. The van der Waals surface area contributed by atoms with E-state index in [1.54, 1.807) is 24.0 Å². The van der Waals surface area contributed by atoms with Gasteiger partial charge in [-0.05, 0) is 78.7 Å². The Morgan fingerprint density at radius 2 is 1.54 bits per heavy atom. The minimum absolute atomic E-state index is 0.144. The lowest BCUT2D eigenvalue weighted by Gasteiger charge is -2.34. The van der Waals surface area contributed by atoms with Crippen molar-refractivity contribution in [3.63, 3.8) is 0 Å². The zero-order valence-electron chi connectivity index (χ0n) is 22.6. The molecule has 2 fully saturated rings. The summed E-state index contributed by atoms with van der Waals surface area (Å²) in [5.41, 5.74) is 1.58. The molecule has 10 heteroatoms. The summed E-state index contributed by atoms with van der Waals surface area (Å²) in [5, 5.41) is 0.651. The summed E-state index contributed by atoms with van der Waals surface area (Å²) in [6.45, 7) is 6.53. The van der Waals surface area contributed by atoms with Crippen LogP contribution in [0.4, 0.5) is 5.69 Å². The molecule has 2 amide bonds. The molecule has 2 aliphatic rings. The van der Waals surface area contributed by atoms with Crippen LogP contribution in [0.2, 0.25) is 5.02 Å². The molecule has 0 N–H and O–H groups in total. The first-order valence-electron chi connectivity index (χ1n) is 13.4. The van der Waals surface area contributed by atoms with E-state index in [4.69, 9.17) is 33.3 Å². The van der Waals surface area contributed by atoms with Gasteiger partial charge in [-0.2, -0.15) is 0 Å². The number of hydrogen-bond donors (Lipinski definition) is 0. The summed E-state index contributed by atoms with van der Waals surface area (Å²) < 4.78 is 12.3. The lowest BCUT2D eigenvalue weighted by molar-refractivity contribution is -0.130. The maximum absolute atomic E-state index is 13.2. The Balaban J connectivity index is 1.11. The monoisotopic (exact) mass is 607 g/mol. The number of thioether (sulfide) groups is 1. The molecule has 0 saturated carbocycles. The first kappa shape index (κ1) is 29.1. The molecule has 2 heterocycles. The van der Waals surface area contributed by atoms with Gasteiger partial charge >= 0.3 is 0 Å². The lowest BCUT2D eigenvalue weighted by Crippen LogP contribution is -2.48. The largest absolute Gasteiger partial charge is 0.494 e. The minimum Gasteiger partial charge on any atom is -0.494 e. The summed E-state index contributed by atoms with van der Waals surface area (Å²) >= 11 is 12.8. The van der Waals surface area contributed by atoms with Gasteiger partial charge in [-0.3, -0.25) is 19.4 Å². The second-order valence-corrected chi connectivity index (χ2v) is 11.8. The molecule has 0 radical (unpaired) electrons. The quantitative estimate of drug-likeness (QED) is 0.157. The Morgan fingerprint density at radius 3 is 2.17 bits per heavy atom. The zero-order chi connectivity index (χ0) is 28.8. The van der Waals surface area contributed by atoms with E-state index < -0.39 is 0 Å². The van der Waals surface area contributed by atoms with E-state index in [1.807, 2.05) is 71.6 Å². The predicted octanol–water partition coefficient (Wildman–Crippen LogP) is 6.47. The molecule has 0 aliphatic carbocycles. The molecular weight excluding hydrogens is 578 g/mol. The molecule has 41 heavy (non-hydrogen) atoms. The van der Waals surface area contributed by atoms with Crippen LogP contribution >= 0.6 is 35.6 Å². The number of rotatable bonds is 9. The molecule has 3 aromatic carbocycles. The molecule has 7 nitrogen and oxygen atoms in total. The molecule has 2 saturated heterocycles. The number of hydrogen-bond acceptors (Lipinski definition) is 7. The van der Waals surface area contributed by atoms with Gasteiger partial charge in [0.15, 0.2) is 4.32 Å². The van der Waals surface area contributed by atoms with Gasteiger partial charge in [-0.15, -0.1) is 0 Å². The average Bonchev–Trinajstić information content (AvgIpc) is 3.26. The Hall–Kier alpha value is -3.37. The standard InChI is InChI=1S/C31H30ClN3O4S2/c1-22(36)34-18-16-33(17-19-34)15-2-20-38-26-13-7-25(8-14-26)35-30(37)29(41-31(35)40)21-23-3-9-27(10-4-23)39-28-11-5-24(32)6-12-28/h3-14,21H,2,15-20H2,1H3. The average molecular weight is 608 g/mol. The first-order valence-corrected chi connectivity index (χ1v) is 15.0. The van der Waals surface area contributed by atoms with Crippen molar-refractivity contribution in [2.24, 2.45) is 0 Å². The van der Waals surface area contributed by atoms with E-state index in [9.17, 15) is 9.59 Å². The fraction of sp³-hybridized carbons (Fsp3) is 0.258. The summed E-state index contributed by atoms with van der Waals surface area (Å²) in [5.74, 6) is 2.12. The van der Waals surface area contributed by atoms with E-state index in [0.29, 0.717) is 38.0 Å². The third-order valence-electron chi connectivity index (χ3n) is 6.82. The molecule has 0 unspecified atom stereocenters. The van der Waals surface area contributed by atoms with Gasteiger partial charge in [-0.1, -0.05) is 47.7 Å². The second kappa shape index (κ2) is 13.5. The number of thiocarbonyl (C=S) groups is 1. The number of ether oxygens (including phenoxy) is 2. The molecule has 0 bridgehead atoms. The number of piperazine rings is 1. The lowest BCUT2D eigenvalue weighted by atomic mass is 10.2. The third kappa shape index (κ3) is 7.68. The fourth-order valence-corrected chi connectivity index (χ4v) is 5.99. The fourth-order valence-electron chi connectivity index (χ4n) is 4.57. The summed E-state index contributed by atoms with van der Waals surface area (Å²) in [6, 6.07) is 22.1. The number of halogens is 1. The summed E-state index contributed by atoms with van der Waals surface area (Å²) in [6.07, 6.45) is 2.73. The highest BCUT2D eigenvalue weighted by Gasteiger charge is 2.33. The van der Waals surface area contributed by atoms with E-state index >= 15 is 0 Å². The van der Waals surface area contributed by atoms with E-state index in [-0.39, 0.29) is 11.8 Å². The molecule has 5 rings (SSSR count). The van der Waals surface area contributed by atoms with Crippen molar-refractivity contribution in [2.75, 3.05) is 44.2 Å². The number of carbonyl (C=O) groups is 2. The van der Waals surface area contributed by atoms with Crippen LogP contribution < -0.4 is 14.4 Å². The first-order chi connectivity index (χ1) is 19.9. The number of amides is 2. The van der Waals surface area contributed by atoms with Gasteiger partial charge in [0.2, 0.25) is 5.91 Å². The van der Waals surface area contributed by atoms with E-state index in [1.165, 1.54) is 11.8 Å². The molecule has 0 spiro atoms. The van der Waals surface area contributed by atoms with Gasteiger partial charge < -0.3 is 14.4 Å². The van der Waals surface area contributed by atoms with Crippen molar-refractivity contribution < 1.29 is 19.1 Å². The summed E-state index contributed by atoms with van der Waals surface area (Å²) in [4.78, 5) is 31.0. The van der Waals surface area contributed by atoms with Crippen LogP contribution in [0, 0.1) is 0 Å². The van der Waals surface area contributed by atoms with Gasteiger partial charge in [0.05, 0.1) is 17.2 Å². The number of benzene rings is 3. The van der Waals surface area contributed by atoms with Crippen molar-refractivity contribution in [1.29, 1.82) is 0 Å². The highest BCUT2D eigenvalue weighted by Crippen LogP contribution is 2.37. The molecule has 0 aromatic heterocycles. The SMILES string of the molecule is CC(=O)N1CCN(CCCOc2ccc(N3C(=O)C(=Cc4ccc(Oc5ccc(Cl)cc5)cc4)SC3=S)cc2)CC1. The zero-order valence-corrected chi connectivity index (χ0v) is 25.0. The third-order valence-corrected chi connectivity index (χ3v) is 8.37. The van der Waals surface area contributed by atoms with Crippen LogP contribution in [0.25, 0.3) is 6.08 Å². The number of nitrogens with zero attached hydrogens (tertiary/aromatic N) is 3.